The zero-order valence-corrected chi connectivity index (χ0v) is 14.7. The maximum atomic E-state index is 12.6. The quantitative estimate of drug-likeness (QED) is 0.889. The molecule has 0 unspecified atom stereocenters. The Kier molecular flexibility index (Phi) is 4.47. The number of amides is 2. The predicted octanol–water partition coefficient (Wildman–Crippen LogP) is 3.27. The molecule has 0 spiro atoms. The first-order valence-electron chi connectivity index (χ1n) is 9.19. The summed E-state index contributed by atoms with van der Waals surface area (Å²) in [5.41, 5.74) is 9.20. The van der Waals surface area contributed by atoms with E-state index in [1.807, 2.05) is 36.4 Å². The third-order valence-electron chi connectivity index (χ3n) is 5.18. The van der Waals surface area contributed by atoms with Gasteiger partial charge in [-0.3, -0.25) is 9.59 Å². The molecule has 134 valence electrons. The Labute approximate surface area is 153 Å². The number of benzene rings is 2. The monoisotopic (exact) mass is 349 g/mol. The van der Waals surface area contributed by atoms with Crippen LogP contribution in [0.5, 0.6) is 0 Å². The fourth-order valence-corrected chi connectivity index (χ4v) is 3.51. The molecule has 0 bridgehead atoms. The summed E-state index contributed by atoms with van der Waals surface area (Å²) >= 11 is 0. The zero-order valence-electron chi connectivity index (χ0n) is 14.7. The number of nitrogens with zero attached hydrogens (tertiary/aromatic N) is 1. The summed E-state index contributed by atoms with van der Waals surface area (Å²) in [5.74, 6) is 0.411. The lowest BCUT2D eigenvalue weighted by Gasteiger charge is -2.27. The van der Waals surface area contributed by atoms with Gasteiger partial charge in [0.15, 0.2) is 0 Å². The fourth-order valence-electron chi connectivity index (χ4n) is 3.51. The number of rotatable bonds is 4. The highest BCUT2D eigenvalue weighted by Gasteiger charge is 2.34. The lowest BCUT2D eigenvalue weighted by molar-refractivity contribution is -0.119. The molecule has 1 aliphatic heterocycles. The highest BCUT2D eigenvalue weighted by molar-refractivity contribution is 6.05. The second-order valence-corrected chi connectivity index (χ2v) is 7.13. The van der Waals surface area contributed by atoms with Gasteiger partial charge >= 0.3 is 0 Å². The second-order valence-electron chi connectivity index (χ2n) is 7.13. The standard InChI is InChI=1S/C21H23N3O2/c22-19-13-18(19)14-7-9-16(10-8-14)23-21(26)15-4-3-5-17(12-15)24-11-2-1-6-20(24)25/h3-5,7-10,12,18-19H,1-2,6,11,13,22H2,(H,23,26)/t18-,19+/m0/s1. The van der Waals surface area contributed by atoms with E-state index >= 15 is 0 Å². The van der Waals surface area contributed by atoms with Crippen molar-refractivity contribution in [2.24, 2.45) is 5.73 Å². The normalized spacial score (nSPS) is 22.2. The van der Waals surface area contributed by atoms with E-state index in [1.165, 1.54) is 5.56 Å². The van der Waals surface area contributed by atoms with Gasteiger partial charge in [-0.15, -0.1) is 0 Å². The Hall–Kier alpha value is -2.66. The van der Waals surface area contributed by atoms with Crippen molar-refractivity contribution >= 4 is 23.2 Å². The zero-order chi connectivity index (χ0) is 18.1. The van der Waals surface area contributed by atoms with Crippen molar-refractivity contribution in [2.75, 3.05) is 16.8 Å². The van der Waals surface area contributed by atoms with Crippen LogP contribution in [0.1, 0.15) is 47.5 Å². The molecule has 4 rings (SSSR count). The van der Waals surface area contributed by atoms with E-state index in [0.29, 0.717) is 24.4 Å². The van der Waals surface area contributed by atoms with Crippen LogP contribution in [0.25, 0.3) is 0 Å². The van der Waals surface area contributed by atoms with Gasteiger partial charge in [0.05, 0.1) is 0 Å². The average molecular weight is 349 g/mol. The topological polar surface area (TPSA) is 75.4 Å². The minimum Gasteiger partial charge on any atom is -0.327 e. The first kappa shape index (κ1) is 16.8. The maximum absolute atomic E-state index is 12.6. The molecule has 26 heavy (non-hydrogen) atoms. The molecular formula is C21H23N3O2. The van der Waals surface area contributed by atoms with Crippen molar-refractivity contribution in [3.05, 3.63) is 59.7 Å². The number of hydrogen-bond donors (Lipinski definition) is 2. The Balaban J connectivity index is 1.46. The molecule has 1 saturated carbocycles. The van der Waals surface area contributed by atoms with Gasteiger partial charge in [0.2, 0.25) is 5.91 Å². The third kappa shape index (κ3) is 3.48. The smallest absolute Gasteiger partial charge is 0.255 e. The van der Waals surface area contributed by atoms with Gasteiger partial charge in [0.25, 0.3) is 5.91 Å². The van der Waals surface area contributed by atoms with E-state index < -0.39 is 0 Å². The van der Waals surface area contributed by atoms with Gasteiger partial charge < -0.3 is 16.0 Å². The summed E-state index contributed by atoms with van der Waals surface area (Å²) in [6.45, 7) is 0.717. The van der Waals surface area contributed by atoms with Crippen LogP contribution in [0.2, 0.25) is 0 Å². The third-order valence-corrected chi connectivity index (χ3v) is 5.18. The van der Waals surface area contributed by atoms with E-state index in [0.717, 1.165) is 30.6 Å². The van der Waals surface area contributed by atoms with Crippen molar-refractivity contribution in [3.63, 3.8) is 0 Å². The molecule has 2 aromatic rings. The summed E-state index contributed by atoms with van der Waals surface area (Å²) in [6.07, 6.45) is 3.55. The molecule has 3 N–H and O–H groups in total. The van der Waals surface area contributed by atoms with Crippen molar-refractivity contribution in [3.8, 4) is 0 Å². The number of nitrogens with two attached hydrogens (primary N) is 1. The minimum atomic E-state index is -0.174. The molecule has 2 aromatic carbocycles. The van der Waals surface area contributed by atoms with Crippen molar-refractivity contribution in [1.29, 1.82) is 0 Å². The molecule has 1 aliphatic carbocycles. The van der Waals surface area contributed by atoms with Crippen LogP contribution in [0, 0.1) is 0 Å². The van der Waals surface area contributed by atoms with Crippen LogP contribution in [-0.4, -0.2) is 24.4 Å². The largest absolute Gasteiger partial charge is 0.327 e. The second kappa shape index (κ2) is 6.92. The van der Waals surface area contributed by atoms with Gasteiger partial charge in [-0.2, -0.15) is 0 Å². The molecular weight excluding hydrogens is 326 g/mol. The first-order chi connectivity index (χ1) is 12.6. The van der Waals surface area contributed by atoms with Crippen LogP contribution >= 0.6 is 0 Å². The summed E-state index contributed by atoms with van der Waals surface area (Å²) in [7, 11) is 0. The molecule has 2 amide bonds. The fraction of sp³-hybridized carbons (Fsp3) is 0.333. The van der Waals surface area contributed by atoms with Crippen LogP contribution in [0.15, 0.2) is 48.5 Å². The van der Waals surface area contributed by atoms with E-state index in [-0.39, 0.29) is 17.9 Å². The summed E-state index contributed by atoms with van der Waals surface area (Å²) in [6, 6.07) is 15.4. The van der Waals surface area contributed by atoms with Crippen LogP contribution < -0.4 is 16.0 Å². The maximum Gasteiger partial charge on any atom is 0.255 e. The van der Waals surface area contributed by atoms with Gasteiger partial charge in [-0.05, 0) is 55.2 Å². The molecule has 1 saturated heterocycles. The Morgan fingerprint density at radius 3 is 2.58 bits per heavy atom. The molecule has 5 heteroatoms. The molecule has 5 nitrogen and oxygen atoms in total. The van der Waals surface area contributed by atoms with Crippen LogP contribution in [0.4, 0.5) is 11.4 Å². The first-order valence-corrected chi connectivity index (χ1v) is 9.19. The Bertz CT molecular complexity index is 831. The molecule has 2 atom stereocenters. The summed E-state index contributed by atoms with van der Waals surface area (Å²) in [5, 5.41) is 2.92. The highest BCUT2D eigenvalue weighted by atomic mass is 16.2. The lowest BCUT2D eigenvalue weighted by atomic mass is 10.1. The van der Waals surface area contributed by atoms with Gasteiger partial charge in [-0.25, -0.2) is 0 Å². The minimum absolute atomic E-state index is 0.127. The highest BCUT2D eigenvalue weighted by Crippen LogP contribution is 2.39. The van der Waals surface area contributed by atoms with E-state index in [4.69, 9.17) is 5.73 Å². The van der Waals surface area contributed by atoms with Crippen molar-refractivity contribution in [2.45, 2.75) is 37.6 Å². The Morgan fingerprint density at radius 2 is 1.88 bits per heavy atom. The number of carbonyl (C=O) groups is 2. The number of hydrogen-bond acceptors (Lipinski definition) is 3. The van der Waals surface area contributed by atoms with E-state index in [2.05, 4.69) is 5.32 Å². The molecule has 2 aliphatic rings. The molecule has 0 aromatic heterocycles. The number of nitrogens with one attached hydrogen (secondary N) is 1. The molecule has 0 radical (unpaired) electrons. The Morgan fingerprint density at radius 1 is 1.12 bits per heavy atom. The van der Waals surface area contributed by atoms with Crippen molar-refractivity contribution < 1.29 is 9.59 Å². The predicted molar refractivity (Wildman–Crippen MR) is 102 cm³/mol. The summed E-state index contributed by atoms with van der Waals surface area (Å²) in [4.78, 5) is 26.4. The molecule has 1 heterocycles. The number of piperidine rings is 1. The van der Waals surface area contributed by atoms with Gasteiger partial charge in [-0.1, -0.05) is 18.2 Å². The van der Waals surface area contributed by atoms with Crippen molar-refractivity contribution in [1.82, 2.24) is 0 Å². The number of carbonyl (C=O) groups excluding carboxylic acids is 2. The van der Waals surface area contributed by atoms with E-state index in [9.17, 15) is 9.59 Å². The summed E-state index contributed by atoms with van der Waals surface area (Å²) < 4.78 is 0. The average Bonchev–Trinajstić information content (AvgIpc) is 3.39. The lowest BCUT2D eigenvalue weighted by Crippen LogP contribution is -2.35. The molecule has 2 fully saturated rings. The van der Waals surface area contributed by atoms with Crippen LogP contribution in [-0.2, 0) is 4.79 Å². The van der Waals surface area contributed by atoms with E-state index in [1.54, 1.807) is 17.0 Å². The van der Waals surface area contributed by atoms with Gasteiger partial charge in [0, 0.05) is 41.9 Å². The van der Waals surface area contributed by atoms with Gasteiger partial charge in [0.1, 0.15) is 0 Å². The van der Waals surface area contributed by atoms with Crippen LogP contribution in [0.3, 0.4) is 0 Å². The SMILES string of the molecule is N[C@@H]1C[C@H]1c1ccc(NC(=O)c2cccc(N3CCCCC3=O)c2)cc1. The number of anilines is 2.